The number of rotatable bonds is 3. The van der Waals surface area contributed by atoms with Gasteiger partial charge in [-0.05, 0) is 43.5 Å². The van der Waals surface area contributed by atoms with Crippen LogP contribution in [0.1, 0.15) is 23.1 Å². The fraction of sp³-hybridized carbons (Fsp3) is 0.571. The van der Waals surface area contributed by atoms with E-state index in [-0.39, 0.29) is 12.2 Å². The molecule has 0 amide bonds. The van der Waals surface area contributed by atoms with Gasteiger partial charge in [0.2, 0.25) is 0 Å². The number of hydrogen-bond acceptors (Lipinski definition) is 2. The van der Waals surface area contributed by atoms with Gasteiger partial charge in [0.05, 0.1) is 0 Å². The fourth-order valence-electron chi connectivity index (χ4n) is 2.23. The maximum Gasteiger partial charge on any atom is 0.127 e. The van der Waals surface area contributed by atoms with Crippen LogP contribution in [-0.2, 0) is 4.74 Å². The van der Waals surface area contributed by atoms with Crippen LogP contribution in [0.25, 0.3) is 0 Å². The molecule has 1 aliphatic carbocycles. The molecule has 0 N–H and O–H groups in total. The third-order valence-corrected chi connectivity index (χ3v) is 4.39. The highest BCUT2D eigenvalue weighted by atomic mass is 79.9. The van der Waals surface area contributed by atoms with Crippen molar-refractivity contribution in [1.29, 1.82) is 0 Å². The highest BCUT2D eigenvalue weighted by Gasteiger charge is 2.41. The zero-order chi connectivity index (χ0) is 12.6. The molecule has 0 aromatic heterocycles. The molecule has 0 radical (unpaired) electrons. The Morgan fingerprint density at radius 1 is 1.24 bits per heavy atom. The van der Waals surface area contributed by atoms with Gasteiger partial charge in [0.1, 0.15) is 18.0 Å². The molecule has 3 heteroatoms. The molecule has 3 atom stereocenters. The van der Waals surface area contributed by atoms with Crippen molar-refractivity contribution >= 4 is 15.9 Å². The van der Waals surface area contributed by atoms with Gasteiger partial charge < -0.3 is 9.47 Å². The van der Waals surface area contributed by atoms with Crippen LogP contribution >= 0.6 is 15.9 Å². The summed E-state index contributed by atoms with van der Waals surface area (Å²) in [5.74, 6) is 0.994. The summed E-state index contributed by atoms with van der Waals surface area (Å²) in [5, 5.41) is 0. The van der Waals surface area contributed by atoms with Crippen molar-refractivity contribution < 1.29 is 9.47 Å². The number of benzene rings is 1. The second-order valence-corrected chi connectivity index (χ2v) is 5.99. The largest absolute Gasteiger partial charge is 0.487 e. The Bertz CT molecular complexity index is 417. The van der Waals surface area contributed by atoms with Crippen LogP contribution in [0.4, 0.5) is 0 Å². The molecule has 3 unspecified atom stereocenters. The van der Waals surface area contributed by atoms with Crippen LogP contribution in [0, 0.1) is 20.8 Å². The van der Waals surface area contributed by atoms with Gasteiger partial charge in [0, 0.05) is 18.4 Å². The van der Waals surface area contributed by atoms with E-state index in [2.05, 4.69) is 48.8 Å². The molecule has 1 fully saturated rings. The number of methoxy groups -OCH3 is 1. The molecular weight excluding hydrogens is 280 g/mol. The molecule has 94 valence electrons. The van der Waals surface area contributed by atoms with Gasteiger partial charge >= 0.3 is 0 Å². The summed E-state index contributed by atoms with van der Waals surface area (Å²) < 4.78 is 11.5. The summed E-state index contributed by atoms with van der Waals surface area (Å²) in [5.41, 5.74) is 3.75. The smallest absolute Gasteiger partial charge is 0.127 e. The van der Waals surface area contributed by atoms with E-state index in [0.29, 0.717) is 4.83 Å². The molecule has 0 saturated heterocycles. The summed E-state index contributed by atoms with van der Waals surface area (Å²) in [7, 11) is 1.74. The molecular formula is C14H19BrO2. The van der Waals surface area contributed by atoms with E-state index in [1.807, 2.05) is 0 Å². The minimum Gasteiger partial charge on any atom is -0.487 e. The summed E-state index contributed by atoms with van der Waals surface area (Å²) in [6, 6.07) is 4.29. The lowest BCUT2D eigenvalue weighted by Crippen LogP contribution is -2.51. The SMILES string of the molecule is COC1C(Br)CC1Oc1cc(C)cc(C)c1C. The Balaban J connectivity index is 2.14. The lowest BCUT2D eigenvalue weighted by atomic mass is 9.91. The minimum absolute atomic E-state index is 0.162. The average Bonchev–Trinajstić information content (AvgIpc) is 2.24. The van der Waals surface area contributed by atoms with E-state index in [9.17, 15) is 0 Å². The number of halogens is 1. The lowest BCUT2D eigenvalue weighted by Gasteiger charge is -2.40. The minimum atomic E-state index is 0.162. The van der Waals surface area contributed by atoms with Crippen molar-refractivity contribution in [3.05, 3.63) is 28.8 Å². The van der Waals surface area contributed by atoms with Gasteiger partial charge in [-0.15, -0.1) is 0 Å². The number of ether oxygens (including phenoxy) is 2. The van der Waals surface area contributed by atoms with Gasteiger partial charge in [-0.2, -0.15) is 0 Å². The molecule has 2 nitrogen and oxygen atoms in total. The number of hydrogen-bond donors (Lipinski definition) is 0. The van der Waals surface area contributed by atoms with Crippen molar-refractivity contribution in [3.63, 3.8) is 0 Å². The Morgan fingerprint density at radius 3 is 2.53 bits per heavy atom. The van der Waals surface area contributed by atoms with Crippen molar-refractivity contribution in [2.24, 2.45) is 0 Å². The molecule has 1 aromatic carbocycles. The third kappa shape index (κ3) is 2.50. The van der Waals surface area contributed by atoms with Crippen LogP contribution in [0.15, 0.2) is 12.1 Å². The van der Waals surface area contributed by atoms with Gasteiger partial charge in [0.15, 0.2) is 0 Å². The average molecular weight is 299 g/mol. The standard InChI is InChI=1S/C14H19BrO2/c1-8-5-9(2)10(3)12(6-8)17-13-7-11(15)14(13)16-4/h5-6,11,13-14H,7H2,1-4H3. The third-order valence-electron chi connectivity index (χ3n) is 3.49. The molecule has 2 rings (SSSR count). The maximum atomic E-state index is 6.06. The Morgan fingerprint density at radius 2 is 1.94 bits per heavy atom. The second kappa shape index (κ2) is 4.99. The van der Waals surface area contributed by atoms with Crippen molar-refractivity contribution in [1.82, 2.24) is 0 Å². The monoisotopic (exact) mass is 298 g/mol. The summed E-state index contributed by atoms with van der Waals surface area (Å²) in [6.07, 6.45) is 1.34. The van der Waals surface area contributed by atoms with E-state index >= 15 is 0 Å². The topological polar surface area (TPSA) is 18.5 Å². The molecule has 0 spiro atoms. The van der Waals surface area contributed by atoms with E-state index < -0.39 is 0 Å². The molecule has 17 heavy (non-hydrogen) atoms. The lowest BCUT2D eigenvalue weighted by molar-refractivity contribution is -0.0547. The summed E-state index contributed by atoms with van der Waals surface area (Å²) in [4.78, 5) is 0.420. The van der Waals surface area contributed by atoms with Crippen molar-refractivity contribution in [2.75, 3.05) is 7.11 Å². The van der Waals surface area contributed by atoms with Gasteiger partial charge in [-0.25, -0.2) is 0 Å². The van der Waals surface area contributed by atoms with E-state index in [4.69, 9.17) is 9.47 Å². The van der Waals surface area contributed by atoms with Crippen LogP contribution in [-0.4, -0.2) is 24.1 Å². The predicted octanol–water partition coefficient (Wildman–Crippen LogP) is 3.54. The Labute approximate surface area is 111 Å². The normalized spacial score (nSPS) is 27.7. The first-order chi connectivity index (χ1) is 8.02. The van der Waals surface area contributed by atoms with E-state index in [1.54, 1.807) is 7.11 Å². The summed E-state index contributed by atoms with van der Waals surface area (Å²) in [6.45, 7) is 6.33. The zero-order valence-electron chi connectivity index (χ0n) is 10.8. The van der Waals surface area contributed by atoms with Gasteiger partial charge in [-0.3, -0.25) is 0 Å². The first-order valence-electron chi connectivity index (χ1n) is 5.94. The second-order valence-electron chi connectivity index (χ2n) is 4.81. The highest BCUT2D eigenvalue weighted by Crippen LogP contribution is 2.35. The first kappa shape index (κ1) is 12.9. The molecule has 1 aromatic rings. The molecule has 1 aliphatic rings. The van der Waals surface area contributed by atoms with Crippen LogP contribution in [0.3, 0.4) is 0 Å². The maximum absolute atomic E-state index is 6.06. The molecule has 0 aliphatic heterocycles. The van der Waals surface area contributed by atoms with Crippen molar-refractivity contribution in [2.45, 2.75) is 44.2 Å². The fourth-order valence-corrected chi connectivity index (χ4v) is 3.15. The van der Waals surface area contributed by atoms with Gasteiger partial charge in [0.25, 0.3) is 0 Å². The van der Waals surface area contributed by atoms with Crippen LogP contribution < -0.4 is 4.74 Å². The quantitative estimate of drug-likeness (QED) is 0.795. The summed E-state index contributed by atoms with van der Waals surface area (Å²) >= 11 is 3.58. The number of aryl methyl sites for hydroxylation is 2. The Hall–Kier alpha value is -0.540. The van der Waals surface area contributed by atoms with Gasteiger partial charge in [-0.1, -0.05) is 22.0 Å². The molecule has 0 heterocycles. The van der Waals surface area contributed by atoms with E-state index in [1.165, 1.54) is 16.7 Å². The zero-order valence-corrected chi connectivity index (χ0v) is 12.4. The van der Waals surface area contributed by atoms with Crippen LogP contribution in [0.5, 0.6) is 5.75 Å². The Kier molecular flexibility index (Phi) is 3.79. The first-order valence-corrected chi connectivity index (χ1v) is 6.86. The highest BCUT2D eigenvalue weighted by molar-refractivity contribution is 9.09. The number of alkyl halides is 1. The van der Waals surface area contributed by atoms with Crippen LogP contribution in [0.2, 0.25) is 0 Å². The molecule has 1 saturated carbocycles. The van der Waals surface area contributed by atoms with E-state index in [0.717, 1.165) is 12.2 Å². The van der Waals surface area contributed by atoms with Crippen molar-refractivity contribution in [3.8, 4) is 5.75 Å². The molecule has 0 bridgehead atoms. The predicted molar refractivity (Wildman–Crippen MR) is 73.2 cm³/mol.